The van der Waals surface area contributed by atoms with E-state index in [0.717, 1.165) is 11.1 Å². The van der Waals surface area contributed by atoms with Crippen molar-refractivity contribution in [2.75, 3.05) is 0 Å². The van der Waals surface area contributed by atoms with Gasteiger partial charge in [0.1, 0.15) is 5.52 Å². The number of hydrogen-bond acceptors (Lipinski definition) is 2. The smallest absolute Gasteiger partial charge is 1.00 e. The molecule has 0 N–H and O–H groups in total. The summed E-state index contributed by atoms with van der Waals surface area (Å²) >= 11 is 5.51. The molecule has 2 aromatic rings. The first kappa shape index (κ1) is 9.07. The topological polar surface area (TPSA) is 26.0 Å². The monoisotopic (exact) mass is 177 g/mol. The predicted octanol–water partition coefficient (Wildman–Crippen LogP) is -0.402. The molecule has 52 valence electrons. The molecule has 2 nitrogen and oxygen atoms in total. The Hall–Kier alpha value is -0.0200. The number of para-hydroxylation sites is 2. The molecule has 1 heterocycles. The van der Waals surface area contributed by atoms with Gasteiger partial charge in [0.15, 0.2) is 5.58 Å². The second-order valence-corrected chi connectivity index (χ2v) is 2.26. The van der Waals surface area contributed by atoms with Crippen molar-refractivity contribution in [3.8, 4) is 0 Å². The number of oxazole rings is 1. The number of benzene rings is 1. The summed E-state index contributed by atoms with van der Waals surface area (Å²) in [4.78, 5) is 3.91. The summed E-state index contributed by atoms with van der Waals surface area (Å²) in [6.07, 6.45) is 0. The van der Waals surface area contributed by atoms with Crippen molar-refractivity contribution >= 4 is 22.7 Å². The van der Waals surface area contributed by atoms with E-state index in [1.54, 1.807) is 0 Å². The molecule has 4 heteroatoms. The van der Waals surface area contributed by atoms with E-state index >= 15 is 0 Å². The van der Waals surface area contributed by atoms with Crippen LogP contribution in [-0.2, 0) is 0 Å². The van der Waals surface area contributed by atoms with Crippen LogP contribution in [0.5, 0.6) is 0 Å². The van der Waals surface area contributed by atoms with Gasteiger partial charge in [-0.2, -0.15) is 4.98 Å². The molecule has 0 aliphatic rings. The fourth-order valence-corrected chi connectivity index (χ4v) is 1.02. The van der Waals surface area contributed by atoms with E-state index in [9.17, 15) is 0 Å². The first-order chi connectivity index (χ1) is 4.86. The first-order valence-corrected chi connectivity index (χ1v) is 3.25. The Bertz CT molecular complexity index is 332. The molecule has 0 unspecified atom stereocenters. The average Bonchev–Trinajstić information content (AvgIpc) is 2.27. The maximum absolute atomic E-state index is 5.51. The van der Waals surface area contributed by atoms with Gasteiger partial charge in [-0.15, -0.1) is 0 Å². The number of halogens is 1. The SMILES string of the molecule is Clc1nc2ccccc2o1.[H-].[Na+]. The van der Waals surface area contributed by atoms with Crippen LogP contribution >= 0.6 is 11.6 Å². The second-order valence-electron chi connectivity index (χ2n) is 1.93. The van der Waals surface area contributed by atoms with Crippen molar-refractivity contribution in [2.45, 2.75) is 0 Å². The summed E-state index contributed by atoms with van der Waals surface area (Å²) in [5, 5.41) is 0.196. The summed E-state index contributed by atoms with van der Waals surface area (Å²) < 4.78 is 5.02. The Balaban J connectivity index is 0.000000605. The third-order valence-electron chi connectivity index (χ3n) is 1.27. The molecule has 11 heavy (non-hydrogen) atoms. The predicted molar refractivity (Wildman–Crippen MR) is 40.1 cm³/mol. The number of fused-ring (bicyclic) bond motifs is 1. The van der Waals surface area contributed by atoms with E-state index in [4.69, 9.17) is 16.0 Å². The van der Waals surface area contributed by atoms with Gasteiger partial charge < -0.3 is 5.84 Å². The van der Waals surface area contributed by atoms with Crippen molar-refractivity contribution in [1.29, 1.82) is 0 Å². The zero-order valence-corrected chi connectivity index (χ0v) is 8.80. The van der Waals surface area contributed by atoms with Crippen molar-refractivity contribution in [3.63, 3.8) is 0 Å². The minimum atomic E-state index is 0. The summed E-state index contributed by atoms with van der Waals surface area (Å²) in [5.41, 5.74) is 1.53. The van der Waals surface area contributed by atoms with Gasteiger partial charge in [0.05, 0.1) is 0 Å². The van der Waals surface area contributed by atoms with Crippen molar-refractivity contribution in [1.82, 2.24) is 4.98 Å². The Morgan fingerprint density at radius 3 is 2.82 bits per heavy atom. The summed E-state index contributed by atoms with van der Waals surface area (Å²) in [6, 6.07) is 7.45. The Morgan fingerprint density at radius 2 is 2.09 bits per heavy atom. The summed E-state index contributed by atoms with van der Waals surface area (Å²) in [5.74, 6) is 0. The molecule has 1 aromatic carbocycles. The van der Waals surface area contributed by atoms with Gasteiger partial charge in [0, 0.05) is 0 Å². The van der Waals surface area contributed by atoms with Crippen LogP contribution in [0.25, 0.3) is 11.1 Å². The molecule has 0 saturated heterocycles. The quantitative estimate of drug-likeness (QED) is 0.512. The molecule has 1 aromatic heterocycles. The van der Waals surface area contributed by atoms with Crippen LogP contribution in [0.1, 0.15) is 1.43 Å². The molecule has 0 spiro atoms. The van der Waals surface area contributed by atoms with Gasteiger partial charge in [0.25, 0.3) is 5.35 Å². The van der Waals surface area contributed by atoms with E-state index in [1.807, 2.05) is 24.3 Å². The van der Waals surface area contributed by atoms with Crippen molar-refractivity contribution in [2.24, 2.45) is 0 Å². The normalized spacial score (nSPS) is 9.55. The van der Waals surface area contributed by atoms with E-state index < -0.39 is 0 Å². The van der Waals surface area contributed by atoms with Gasteiger partial charge in [-0.25, -0.2) is 0 Å². The molecule has 0 bridgehead atoms. The third kappa shape index (κ3) is 1.76. The summed E-state index contributed by atoms with van der Waals surface area (Å²) in [6.45, 7) is 0. The van der Waals surface area contributed by atoms with Crippen LogP contribution < -0.4 is 29.6 Å². The van der Waals surface area contributed by atoms with Crippen LogP contribution in [0.2, 0.25) is 5.35 Å². The minimum absolute atomic E-state index is 0. The van der Waals surface area contributed by atoms with Crippen molar-refractivity contribution in [3.05, 3.63) is 29.6 Å². The van der Waals surface area contributed by atoms with Crippen LogP contribution in [0, 0.1) is 0 Å². The van der Waals surface area contributed by atoms with Crippen molar-refractivity contribution < 1.29 is 35.4 Å². The molecule has 0 amide bonds. The third-order valence-corrected chi connectivity index (χ3v) is 1.43. The molecule has 0 fully saturated rings. The fraction of sp³-hybridized carbons (Fsp3) is 0. The second kappa shape index (κ2) is 3.59. The van der Waals surface area contributed by atoms with Gasteiger partial charge in [-0.05, 0) is 23.7 Å². The van der Waals surface area contributed by atoms with E-state index in [-0.39, 0.29) is 36.3 Å². The van der Waals surface area contributed by atoms with E-state index in [0.29, 0.717) is 0 Å². The number of rotatable bonds is 0. The van der Waals surface area contributed by atoms with Crippen LogP contribution in [0.3, 0.4) is 0 Å². The Morgan fingerprint density at radius 1 is 1.36 bits per heavy atom. The number of hydrogen-bond donors (Lipinski definition) is 0. The molecular weight excluding hydrogens is 173 g/mol. The Labute approximate surface area is 92.3 Å². The zero-order valence-electron chi connectivity index (χ0n) is 7.04. The maximum Gasteiger partial charge on any atom is 1.00 e. The van der Waals surface area contributed by atoms with Gasteiger partial charge in [-0.3, -0.25) is 0 Å². The Kier molecular flexibility index (Phi) is 2.96. The summed E-state index contributed by atoms with van der Waals surface area (Å²) in [7, 11) is 0. The van der Waals surface area contributed by atoms with Crippen LogP contribution in [0.4, 0.5) is 0 Å². The van der Waals surface area contributed by atoms with Gasteiger partial charge in [0.2, 0.25) is 0 Å². The standard InChI is InChI=1S/C7H4ClNO.Na.H/c8-7-9-5-3-1-2-4-6(5)10-7;;/h1-4H;;/q;+1;-1. The van der Waals surface area contributed by atoms with Crippen LogP contribution in [-0.4, -0.2) is 4.98 Å². The fourth-order valence-electron chi connectivity index (χ4n) is 0.844. The molecular formula is C7H5ClNNaO. The van der Waals surface area contributed by atoms with Gasteiger partial charge in [-0.1, -0.05) is 12.1 Å². The molecule has 0 aliphatic carbocycles. The molecule has 0 saturated carbocycles. The average molecular weight is 178 g/mol. The van der Waals surface area contributed by atoms with E-state index in [1.165, 1.54) is 0 Å². The number of nitrogens with zero attached hydrogens (tertiary/aromatic N) is 1. The molecule has 2 rings (SSSR count). The molecule has 0 atom stereocenters. The van der Waals surface area contributed by atoms with Crippen LogP contribution in [0.15, 0.2) is 28.7 Å². The number of aromatic nitrogens is 1. The minimum Gasteiger partial charge on any atom is -1.00 e. The zero-order chi connectivity index (χ0) is 6.97. The maximum atomic E-state index is 5.51. The molecule has 0 aliphatic heterocycles. The molecule has 0 radical (unpaired) electrons. The van der Waals surface area contributed by atoms with Gasteiger partial charge >= 0.3 is 29.6 Å². The van der Waals surface area contributed by atoms with E-state index in [2.05, 4.69) is 4.98 Å². The largest absolute Gasteiger partial charge is 1.00 e. The first-order valence-electron chi connectivity index (χ1n) is 2.87.